The lowest BCUT2D eigenvalue weighted by Crippen LogP contribution is -2.67. The number of hydrogen-bond donors (Lipinski definition) is 2. The van der Waals surface area contributed by atoms with Gasteiger partial charge in [0.15, 0.2) is 5.96 Å². The standard InChI is InChI=1S/C21H33N3O/c1-20(2,3)15-9-7-14(8-10-15)13-23-19(22-6)24-17-16-11-12-25-18(16)21(17,4)5/h7-10,16-18H,11-13H2,1-6H3,(H2,22,23,24). The van der Waals surface area contributed by atoms with Crippen molar-refractivity contribution in [3.05, 3.63) is 35.4 Å². The van der Waals surface area contributed by atoms with Crippen LogP contribution in [0, 0.1) is 11.3 Å². The van der Waals surface area contributed by atoms with Gasteiger partial charge in [-0.15, -0.1) is 0 Å². The smallest absolute Gasteiger partial charge is 0.191 e. The SMILES string of the molecule is CN=C(NCc1ccc(C(C)(C)C)cc1)NC1C2CCOC2C1(C)C. The fourth-order valence-corrected chi connectivity index (χ4v) is 4.27. The van der Waals surface area contributed by atoms with Crippen LogP contribution in [0.2, 0.25) is 0 Å². The minimum atomic E-state index is 0.160. The highest BCUT2D eigenvalue weighted by Gasteiger charge is 2.59. The molecule has 1 saturated heterocycles. The first-order valence-corrected chi connectivity index (χ1v) is 9.41. The normalized spacial score (nSPS) is 28.2. The maximum atomic E-state index is 5.88. The van der Waals surface area contributed by atoms with E-state index in [4.69, 9.17) is 4.74 Å². The van der Waals surface area contributed by atoms with E-state index in [0.29, 0.717) is 18.1 Å². The zero-order chi connectivity index (χ0) is 18.2. The van der Waals surface area contributed by atoms with Gasteiger partial charge in [-0.1, -0.05) is 58.9 Å². The Kier molecular flexibility index (Phi) is 4.84. The Morgan fingerprint density at radius 1 is 1.24 bits per heavy atom. The molecule has 1 aliphatic carbocycles. The van der Waals surface area contributed by atoms with Gasteiger partial charge in [0.25, 0.3) is 0 Å². The molecule has 4 nitrogen and oxygen atoms in total. The summed E-state index contributed by atoms with van der Waals surface area (Å²) >= 11 is 0. The molecular weight excluding hydrogens is 310 g/mol. The fourth-order valence-electron chi connectivity index (χ4n) is 4.27. The molecular formula is C21H33N3O. The van der Waals surface area contributed by atoms with Gasteiger partial charge in [-0.3, -0.25) is 4.99 Å². The van der Waals surface area contributed by atoms with Crippen LogP contribution < -0.4 is 10.6 Å². The second-order valence-electron chi connectivity index (χ2n) is 9.06. The van der Waals surface area contributed by atoms with Crippen LogP contribution in [0.1, 0.15) is 52.2 Å². The largest absolute Gasteiger partial charge is 0.377 e. The maximum Gasteiger partial charge on any atom is 0.191 e. The van der Waals surface area contributed by atoms with Crippen molar-refractivity contribution in [2.45, 2.75) is 65.1 Å². The van der Waals surface area contributed by atoms with E-state index in [1.807, 2.05) is 7.05 Å². The van der Waals surface area contributed by atoms with E-state index in [-0.39, 0.29) is 10.8 Å². The van der Waals surface area contributed by atoms with Crippen molar-refractivity contribution in [1.82, 2.24) is 10.6 Å². The molecule has 0 amide bonds. The molecule has 0 bridgehead atoms. The van der Waals surface area contributed by atoms with Crippen LogP contribution in [0.25, 0.3) is 0 Å². The van der Waals surface area contributed by atoms with Gasteiger partial charge < -0.3 is 15.4 Å². The summed E-state index contributed by atoms with van der Waals surface area (Å²) in [5.74, 6) is 1.49. The quantitative estimate of drug-likeness (QED) is 0.652. The third kappa shape index (κ3) is 3.55. The van der Waals surface area contributed by atoms with Crippen LogP contribution in [0.5, 0.6) is 0 Å². The Bertz CT molecular complexity index is 628. The molecule has 2 aliphatic rings. The maximum absolute atomic E-state index is 5.88. The van der Waals surface area contributed by atoms with Gasteiger partial charge in [0.2, 0.25) is 0 Å². The molecule has 1 aromatic rings. The molecule has 1 aromatic carbocycles. The Labute approximate surface area is 152 Å². The van der Waals surface area contributed by atoms with Gasteiger partial charge >= 0.3 is 0 Å². The first-order chi connectivity index (χ1) is 11.7. The lowest BCUT2D eigenvalue weighted by Gasteiger charge is -2.54. The molecule has 3 rings (SSSR count). The number of guanidine groups is 1. The summed E-state index contributed by atoms with van der Waals surface area (Å²) in [6.07, 6.45) is 1.55. The molecule has 0 radical (unpaired) electrons. The van der Waals surface area contributed by atoms with Crippen LogP contribution in [0.4, 0.5) is 0 Å². The van der Waals surface area contributed by atoms with E-state index < -0.39 is 0 Å². The monoisotopic (exact) mass is 343 g/mol. The second-order valence-corrected chi connectivity index (χ2v) is 9.06. The number of hydrogen-bond acceptors (Lipinski definition) is 2. The van der Waals surface area contributed by atoms with Crippen molar-refractivity contribution >= 4 is 5.96 Å². The van der Waals surface area contributed by atoms with E-state index in [1.54, 1.807) is 0 Å². The van der Waals surface area contributed by atoms with Crippen molar-refractivity contribution in [2.75, 3.05) is 13.7 Å². The van der Waals surface area contributed by atoms with Crippen LogP contribution >= 0.6 is 0 Å². The minimum Gasteiger partial charge on any atom is -0.377 e. The Morgan fingerprint density at radius 3 is 2.52 bits per heavy atom. The van der Waals surface area contributed by atoms with Gasteiger partial charge in [0.05, 0.1) is 6.10 Å². The van der Waals surface area contributed by atoms with E-state index in [2.05, 4.69) is 74.5 Å². The number of rotatable bonds is 3. The number of aliphatic imine (C=N–C) groups is 1. The topological polar surface area (TPSA) is 45.7 Å². The average molecular weight is 344 g/mol. The summed E-state index contributed by atoms with van der Waals surface area (Å²) in [5.41, 5.74) is 2.99. The lowest BCUT2D eigenvalue weighted by atomic mass is 9.57. The molecule has 3 unspecified atom stereocenters. The summed E-state index contributed by atoms with van der Waals surface area (Å²) in [5, 5.41) is 7.09. The first kappa shape index (κ1) is 18.2. The van der Waals surface area contributed by atoms with E-state index >= 15 is 0 Å². The van der Waals surface area contributed by atoms with Gasteiger partial charge in [-0.2, -0.15) is 0 Å². The third-order valence-corrected chi connectivity index (χ3v) is 5.90. The van der Waals surface area contributed by atoms with Gasteiger partial charge in [0.1, 0.15) is 0 Å². The Morgan fingerprint density at radius 2 is 1.92 bits per heavy atom. The first-order valence-electron chi connectivity index (χ1n) is 9.41. The molecule has 4 heteroatoms. The molecule has 0 spiro atoms. The highest BCUT2D eigenvalue weighted by Crippen LogP contribution is 2.52. The fraction of sp³-hybridized carbons (Fsp3) is 0.667. The molecule has 1 aliphatic heterocycles. The van der Waals surface area contributed by atoms with Gasteiger partial charge in [-0.05, 0) is 23.0 Å². The number of benzene rings is 1. The molecule has 1 saturated carbocycles. The zero-order valence-corrected chi connectivity index (χ0v) is 16.5. The zero-order valence-electron chi connectivity index (χ0n) is 16.5. The second kappa shape index (κ2) is 6.64. The number of ether oxygens (including phenoxy) is 1. The van der Waals surface area contributed by atoms with E-state index in [0.717, 1.165) is 25.5 Å². The molecule has 2 fully saturated rings. The van der Waals surface area contributed by atoms with Crippen molar-refractivity contribution in [1.29, 1.82) is 0 Å². The molecule has 3 atom stereocenters. The molecule has 1 heterocycles. The van der Waals surface area contributed by atoms with Crippen LogP contribution in [-0.2, 0) is 16.7 Å². The van der Waals surface area contributed by atoms with Gasteiger partial charge in [0, 0.05) is 37.6 Å². The van der Waals surface area contributed by atoms with Crippen molar-refractivity contribution in [3.8, 4) is 0 Å². The average Bonchev–Trinajstić information content (AvgIpc) is 3.01. The Hall–Kier alpha value is -1.55. The van der Waals surface area contributed by atoms with Crippen LogP contribution in [-0.4, -0.2) is 31.8 Å². The summed E-state index contributed by atoms with van der Waals surface area (Å²) in [7, 11) is 1.84. The summed E-state index contributed by atoms with van der Waals surface area (Å²) < 4.78 is 5.88. The predicted octanol–water partition coefficient (Wildman–Crippen LogP) is 3.46. The molecule has 25 heavy (non-hydrogen) atoms. The van der Waals surface area contributed by atoms with Crippen molar-refractivity contribution in [3.63, 3.8) is 0 Å². The number of nitrogens with zero attached hydrogens (tertiary/aromatic N) is 1. The summed E-state index contributed by atoms with van der Waals surface area (Å²) in [4.78, 5) is 4.42. The van der Waals surface area contributed by atoms with E-state index in [1.165, 1.54) is 11.1 Å². The van der Waals surface area contributed by atoms with Crippen LogP contribution in [0.15, 0.2) is 29.3 Å². The number of fused-ring (bicyclic) bond motifs is 1. The lowest BCUT2D eigenvalue weighted by molar-refractivity contribution is -0.106. The molecule has 2 N–H and O–H groups in total. The minimum absolute atomic E-state index is 0.160. The molecule has 0 aromatic heterocycles. The third-order valence-electron chi connectivity index (χ3n) is 5.90. The summed E-state index contributed by atoms with van der Waals surface area (Å²) in [6, 6.07) is 9.28. The van der Waals surface area contributed by atoms with Crippen molar-refractivity contribution in [2.24, 2.45) is 16.3 Å². The Balaban J connectivity index is 1.57. The van der Waals surface area contributed by atoms with Crippen LogP contribution in [0.3, 0.4) is 0 Å². The highest BCUT2D eigenvalue weighted by molar-refractivity contribution is 5.80. The van der Waals surface area contributed by atoms with E-state index in [9.17, 15) is 0 Å². The number of nitrogens with one attached hydrogen (secondary N) is 2. The molecule has 138 valence electrons. The highest BCUT2D eigenvalue weighted by atomic mass is 16.5. The van der Waals surface area contributed by atoms with Gasteiger partial charge in [-0.25, -0.2) is 0 Å². The predicted molar refractivity (Wildman–Crippen MR) is 104 cm³/mol. The summed E-state index contributed by atoms with van der Waals surface area (Å²) in [6.45, 7) is 13.0. The van der Waals surface area contributed by atoms with Crippen molar-refractivity contribution < 1.29 is 4.74 Å².